The molecule has 0 fully saturated rings. The summed E-state index contributed by atoms with van der Waals surface area (Å²) in [5.74, 6) is 0. The quantitative estimate of drug-likeness (QED) is 0.781. The van der Waals surface area contributed by atoms with Gasteiger partial charge in [0.05, 0.1) is 4.90 Å². The molecular weight excluding hydrogens is 308 g/mol. The van der Waals surface area contributed by atoms with Crippen molar-refractivity contribution in [2.45, 2.75) is 44.3 Å². The summed E-state index contributed by atoms with van der Waals surface area (Å²) < 4.78 is 23.1. The monoisotopic (exact) mass is 332 g/mol. The zero-order valence-corrected chi connectivity index (χ0v) is 14.8. The Labute approximate surface area is 139 Å². The van der Waals surface area contributed by atoms with E-state index < -0.39 is 9.84 Å². The maximum atomic E-state index is 11.5. The van der Waals surface area contributed by atoms with E-state index in [4.69, 9.17) is 0 Å². The van der Waals surface area contributed by atoms with Crippen LogP contribution in [-0.4, -0.2) is 30.6 Å². The maximum absolute atomic E-state index is 11.5. The summed E-state index contributed by atoms with van der Waals surface area (Å²) in [5.41, 5.74) is 2.35. The van der Waals surface area contributed by atoms with Crippen LogP contribution in [0, 0.1) is 0 Å². The first-order chi connectivity index (χ1) is 10.9. The van der Waals surface area contributed by atoms with Crippen LogP contribution in [0.15, 0.2) is 53.7 Å². The Morgan fingerprint density at radius 2 is 1.52 bits per heavy atom. The number of sulfone groups is 1. The summed E-state index contributed by atoms with van der Waals surface area (Å²) in [6.07, 6.45) is 5.92. The molecule has 2 rings (SSSR count). The minimum Gasteiger partial charge on any atom is -0.292 e. The number of pyridine rings is 1. The molecule has 2 aromatic rings. The lowest BCUT2D eigenvalue weighted by atomic mass is 10.1. The average Bonchev–Trinajstić information content (AvgIpc) is 2.54. The number of aromatic nitrogens is 1. The molecule has 1 atom stereocenters. The van der Waals surface area contributed by atoms with Gasteiger partial charge in [0.2, 0.25) is 0 Å². The molecule has 1 aromatic carbocycles. The highest BCUT2D eigenvalue weighted by atomic mass is 32.2. The first-order valence-electron chi connectivity index (χ1n) is 7.82. The molecule has 0 amide bonds. The van der Waals surface area contributed by atoms with Crippen LogP contribution >= 0.6 is 0 Å². The van der Waals surface area contributed by atoms with Gasteiger partial charge in [0.1, 0.15) is 0 Å². The molecule has 124 valence electrons. The predicted octanol–water partition coefficient (Wildman–Crippen LogP) is 3.29. The van der Waals surface area contributed by atoms with Crippen LogP contribution in [0.1, 0.15) is 31.4 Å². The smallest absolute Gasteiger partial charge is 0.175 e. The second kappa shape index (κ2) is 7.70. The van der Waals surface area contributed by atoms with Gasteiger partial charge >= 0.3 is 0 Å². The maximum Gasteiger partial charge on any atom is 0.175 e. The third kappa shape index (κ3) is 5.15. The summed E-state index contributed by atoms with van der Waals surface area (Å²) >= 11 is 0. The fourth-order valence-electron chi connectivity index (χ4n) is 2.43. The van der Waals surface area contributed by atoms with Crippen molar-refractivity contribution in [3.63, 3.8) is 0 Å². The standard InChI is InChI=1S/C18H24N2O2S/c1-4-15(2)20(14-17-9-11-19-12-10-17)13-16-5-7-18(8-6-16)23(3,21)22/h5-12,15H,4,13-14H2,1-3H3. The van der Waals surface area contributed by atoms with Gasteiger partial charge in [0.15, 0.2) is 9.84 Å². The van der Waals surface area contributed by atoms with Crippen LogP contribution in [0.5, 0.6) is 0 Å². The van der Waals surface area contributed by atoms with E-state index in [9.17, 15) is 8.42 Å². The first-order valence-corrected chi connectivity index (χ1v) is 9.71. The third-order valence-electron chi connectivity index (χ3n) is 4.09. The van der Waals surface area contributed by atoms with Crippen LogP contribution in [0.3, 0.4) is 0 Å². The number of hydrogen-bond acceptors (Lipinski definition) is 4. The summed E-state index contributed by atoms with van der Waals surface area (Å²) in [5, 5.41) is 0. The van der Waals surface area contributed by atoms with Crippen LogP contribution < -0.4 is 0 Å². The second-order valence-electron chi connectivity index (χ2n) is 5.93. The molecule has 0 aliphatic rings. The highest BCUT2D eigenvalue weighted by molar-refractivity contribution is 7.90. The van der Waals surface area contributed by atoms with E-state index in [1.165, 1.54) is 11.8 Å². The molecule has 1 aromatic heterocycles. The van der Waals surface area contributed by atoms with Gasteiger partial charge in [-0.25, -0.2) is 8.42 Å². The minimum atomic E-state index is -3.14. The number of rotatable bonds is 7. The van der Waals surface area contributed by atoms with Crippen molar-refractivity contribution in [3.05, 3.63) is 59.9 Å². The highest BCUT2D eigenvalue weighted by Crippen LogP contribution is 2.17. The normalized spacial score (nSPS) is 13.2. The molecule has 0 N–H and O–H groups in total. The van der Waals surface area contributed by atoms with Crippen LogP contribution in [0.25, 0.3) is 0 Å². The molecule has 0 saturated carbocycles. The average molecular weight is 332 g/mol. The van der Waals surface area contributed by atoms with E-state index in [-0.39, 0.29) is 0 Å². The van der Waals surface area contributed by atoms with Gasteiger partial charge in [-0.05, 0) is 48.7 Å². The Hall–Kier alpha value is -1.72. The molecule has 0 radical (unpaired) electrons. The van der Waals surface area contributed by atoms with E-state index in [0.717, 1.165) is 25.1 Å². The Morgan fingerprint density at radius 3 is 2.00 bits per heavy atom. The second-order valence-corrected chi connectivity index (χ2v) is 7.95. The topological polar surface area (TPSA) is 50.3 Å². The lowest BCUT2D eigenvalue weighted by Crippen LogP contribution is -2.31. The van der Waals surface area contributed by atoms with Gasteiger partial charge in [-0.2, -0.15) is 0 Å². The Morgan fingerprint density at radius 1 is 1.00 bits per heavy atom. The van der Waals surface area contributed by atoms with Crippen molar-refractivity contribution in [1.29, 1.82) is 0 Å². The third-order valence-corrected chi connectivity index (χ3v) is 5.21. The van der Waals surface area contributed by atoms with Crippen molar-refractivity contribution in [2.75, 3.05) is 6.26 Å². The summed E-state index contributed by atoms with van der Waals surface area (Å²) in [6.45, 7) is 6.04. The number of hydrogen-bond donors (Lipinski definition) is 0. The van der Waals surface area contributed by atoms with Crippen molar-refractivity contribution in [1.82, 2.24) is 9.88 Å². The van der Waals surface area contributed by atoms with Gasteiger partial charge in [-0.1, -0.05) is 19.1 Å². The molecule has 0 bridgehead atoms. The molecule has 0 aliphatic carbocycles. The Kier molecular flexibility index (Phi) is 5.91. The lowest BCUT2D eigenvalue weighted by Gasteiger charge is -2.28. The van der Waals surface area contributed by atoms with Crippen LogP contribution in [-0.2, 0) is 22.9 Å². The molecule has 4 nitrogen and oxygen atoms in total. The predicted molar refractivity (Wildman–Crippen MR) is 92.8 cm³/mol. The van der Waals surface area contributed by atoms with Crippen LogP contribution in [0.4, 0.5) is 0 Å². The zero-order valence-electron chi connectivity index (χ0n) is 13.9. The molecule has 0 aliphatic heterocycles. The van der Waals surface area contributed by atoms with Gasteiger partial charge in [0.25, 0.3) is 0 Å². The zero-order chi connectivity index (χ0) is 16.9. The summed E-state index contributed by atoms with van der Waals surface area (Å²) in [6, 6.07) is 11.7. The molecule has 1 heterocycles. The number of nitrogens with zero attached hydrogens (tertiary/aromatic N) is 2. The first kappa shape index (κ1) is 17.6. The fraction of sp³-hybridized carbons (Fsp3) is 0.389. The summed E-state index contributed by atoms with van der Waals surface area (Å²) in [7, 11) is -3.14. The van der Waals surface area contributed by atoms with E-state index in [2.05, 4.69) is 23.7 Å². The van der Waals surface area contributed by atoms with Gasteiger partial charge in [-0.3, -0.25) is 9.88 Å². The van der Waals surface area contributed by atoms with Crippen LogP contribution in [0.2, 0.25) is 0 Å². The number of benzene rings is 1. The minimum absolute atomic E-state index is 0.366. The van der Waals surface area contributed by atoms with E-state index in [1.807, 2.05) is 36.7 Å². The van der Waals surface area contributed by atoms with Crippen molar-refractivity contribution in [3.8, 4) is 0 Å². The van der Waals surface area contributed by atoms with Gasteiger partial charge in [0, 0.05) is 37.8 Å². The van der Waals surface area contributed by atoms with E-state index in [1.54, 1.807) is 12.1 Å². The van der Waals surface area contributed by atoms with E-state index in [0.29, 0.717) is 10.9 Å². The molecule has 0 spiro atoms. The van der Waals surface area contributed by atoms with E-state index >= 15 is 0 Å². The summed E-state index contributed by atoms with van der Waals surface area (Å²) in [4.78, 5) is 6.82. The molecule has 0 saturated heterocycles. The molecule has 5 heteroatoms. The largest absolute Gasteiger partial charge is 0.292 e. The molecule has 23 heavy (non-hydrogen) atoms. The Bertz CT molecular complexity index is 712. The molecular formula is C18H24N2O2S. The van der Waals surface area contributed by atoms with Crippen molar-refractivity contribution >= 4 is 9.84 Å². The van der Waals surface area contributed by atoms with Crippen molar-refractivity contribution < 1.29 is 8.42 Å². The Balaban J connectivity index is 2.14. The van der Waals surface area contributed by atoms with Crippen molar-refractivity contribution in [2.24, 2.45) is 0 Å². The SMILES string of the molecule is CCC(C)N(Cc1ccncc1)Cc1ccc(S(C)(=O)=O)cc1. The highest BCUT2D eigenvalue weighted by Gasteiger charge is 2.14. The van der Waals surface area contributed by atoms with Gasteiger partial charge in [-0.15, -0.1) is 0 Å². The van der Waals surface area contributed by atoms with Gasteiger partial charge < -0.3 is 0 Å². The fourth-order valence-corrected chi connectivity index (χ4v) is 3.06. The lowest BCUT2D eigenvalue weighted by molar-refractivity contribution is 0.186. The molecule has 1 unspecified atom stereocenters.